The number of guanidine groups is 1. The SMILES string of the molecule is N[C@H]1CCCC[C@@H]1N=C(Nc1ccc(S(N)(=O)=O)cc1)NC1CCCCC1. The summed E-state index contributed by atoms with van der Waals surface area (Å²) in [6.45, 7) is 0. The molecule has 0 amide bonds. The minimum atomic E-state index is -3.69. The molecule has 1 aromatic carbocycles. The minimum Gasteiger partial charge on any atom is -0.353 e. The molecule has 0 heterocycles. The van der Waals surface area contributed by atoms with E-state index in [-0.39, 0.29) is 17.0 Å². The molecule has 0 aromatic heterocycles. The van der Waals surface area contributed by atoms with E-state index in [2.05, 4.69) is 10.6 Å². The number of hydrogen-bond donors (Lipinski definition) is 4. The van der Waals surface area contributed by atoms with Crippen LogP contribution in [0.4, 0.5) is 5.69 Å². The standard InChI is InChI=1S/C19H31N5O2S/c20-17-8-4-5-9-18(17)24-19(22-14-6-2-1-3-7-14)23-15-10-12-16(13-11-15)27(21,25)26/h10-14,17-18H,1-9,20H2,(H2,21,25,26)(H2,22,23,24)/t17-,18-/m0/s1. The monoisotopic (exact) mass is 393 g/mol. The first-order valence-corrected chi connectivity index (χ1v) is 11.5. The van der Waals surface area contributed by atoms with Gasteiger partial charge in [0, 0.05) is 17.8 Å². The Morgan fingerprint density at radius 2 is 1.59 bits per heavy atom. The van der Waals surface area contributed by atoms with Gasteiger partial charge in [-0.05, 0) is 49.9 Å². The molecule has 0 bridgehead atoms. The molecule has 0 saturated heterocycles. The van der Waals surface area contributed by atoms with Crippen molar-refractivity contribution in [3.05, 3.63) is 24.3 Å². The number of aliphatic imine (C=N–C) groups is 1. The molecule has 2 atom stereocenters. The lowest BCUT2D eigenvalue weighted by atomic mass is 9.91. The predicted molar refractivity (Wildman–Crippen MR) is 109 cm³/mol. The summed E-state index contributed by atoms with van der Waals surface area (Å²) in [5.41, 5.74) is 7.05. The van der Waals surface area contributed by atoms with E-state index in [9.17, 15) is 8.42 Å². The Morgan fingerprint density at radius 1 is 0.963 bits per heavy atom. The molecule has 2 aliphatic rings. The fourth-order valence-corrected chi connectivity index (χ4v) is 4.39. The maximum Gasteiger partial charge on any atom is 0.238 e. The number of sulfonamides is 1. The van der Waals surface area contributed by atoms with Crippen LogP contribution in [0.5, 0.6) is 0 Å². The van der Waals surface area contributed by atoms with Crippen molar-refractivity contribution in [1.82, 2.24) is 5.32 Å². The summed E-state index contributed by atoms with van der Waals surface area (Å²) in [5.74, 6) is 0.729. The van der Waals surface area contributed by atoms with Crippen LogP contribution in [-0.4, -0.2) is 32.5 Å². The van der Waals surface area contributed by atoms with Gasteiger partial charge in [-0.15, -0.1) is 0 Å². The van der Waals surface area contributed by atoms with E-state index >= 15 is 0 Å². The first-order valence-electron chi connectivity index (χ1n) is 9.91. The molecule has 0 radical (unpaired) electrons. The highest BCUT2D eigenvalue weighted by Gasteiger charge is 2.23. The zero-order valence-electron chi connectivity index (χ0n) is 15.7. The fraction of sp³-hybridized carbons (Fsp3) is 0.632. The number of nitrogens with zero attached hydrogens (tertiary/aromatic N) is 1. The van der Waals surface area contributed by atoms with E-state index in [0.717, 1.165) is 43.8 Å². The first-order chi connectivity index (χ1) is 12.9. The van der Waals surface area contributed by atoms with Gasteiger partial charge in [0.1, 0.15) is 0 Å². The third-order valence-corrected chi connectivity index (χ3v) is 6.40. The van der Waals surface area contributed by atoms with Crippen LogP contribution < -0.4 is 21.5 Å². The van der Waals surface area contributed by atoms with Crippen molar-refractivity contribution in [2.24, 2.45) is 15.9 Å². The van der Waals surface area contributed by atoms with Crippen molar-refractivity contribution in [1.29, 1.82) is 0 Å². The van der Waals surface area contributed by atoms with Gasteiger partial charge in [0.05, 0.1) is 10.9 Å². The Balaban J connectivity index is 1.75. The van der Waals surface area contributed by atoms with Crippen LogP contribution in [0.3, 0.4) is 0 Å². The molecule has 6 N–H and O–H groups in total. The topological polar surface area (TPSA) is 123 Å². The average Bonchev–Trinajstić information content (AvgIpc) is 2.64. The molecular formula is C19H31N5O2S. The number of hydrogen-bond acceptors (Lipinski definition) is 4. The van der Waals surface area contributed by atoms with E-state index in [4.69, 9.17) is 15.9 Å². The second kappa shape index (κ2) is 9.03. The molecule has 3 rings (SSSR count). The maximum absolute atomic E-state index is 11.4. The van der Waals surface area contributed by atoms with E-state index < -0.39 is 10.0 Å². The zero-order chi connectivity index (χ0) is 19.3. The van der Waals surface area contributed by atoms with Gasteiger partial charge in [-0.3, -0.25) is 0 Å². The van der Waals surface area contributed by atoms with Gasteiger partial charge < -0.3 is 16.4 Å². The fourth-order valence-electron chi connectivity index (χ4n) is 3.88. The summed E-state index contributed by atoms with van der Waals surface area (Å²) in [6.07, 6.45) is 10.4. The van der Waals surface area contributed by atoms with Crippen LogP contribution in [0.1, 0.15) is 57.8 Å². The molecule has 8 heteroatoms. The molecular weight excluding hydrogens is 362 g/mol. The number of anilines is 1. The van der Waals surface area contributed by atoms with Crippen molar-refractivity contribution in [3.63, 3.8) is 0 Å². The molecule has 0 unspecified atom stereocenters. The van der Waals surface area contributed by atoms with E-state index in [1.54, 1.807) is 12.1 Å². The average molecular weight is 394 g/mol. The number of primary sulfonamides is 1. The van der Waals surface area contributed by atoms with Gasteiger partial charge in [0.2, 0.25) is 10.0 Å². The summed E-state index contributed by atoms with van der Waals surface area (Å²) in [6, 6.07) is 7.03. The van der Waals surface area contributed by atoms with Gasteiger partial charge >= 0.3 is 0 Å². The largest absolute Gasteiger partial charge is 0.353 e. The Bertz CT molecular complexity index is 742. The number of benzene rings is 1. The van der Waals surface area contributed by atoms with Crippen LogP contribution in [-0.2, 0) is 10.0 Å². The lowest BCUT2D eigenvalue weighted by Crippen LogP contribution is -2.44. The van der Waals surface area contributed by atoms with Crippen molar-refractivity contribution < 1.29 is 8.42 Å². The summed E-state index contributed by atoms with van der Waals surface area (Å²) in [7, 11) is -3.69. The van der Waals surface area contributed by atoms with Crippen LogP contribution in [0.15, 0.2) is 34.2 Å². The second-order valence-corrected chi connectivity index (χ2v) is 9.23. The highest BCUT2D eigenvalue weighted by atomic mass is 32.2. The number of rotatable bonds is 4. The summed E-state index contributed by atoms with van der Waals surface area (Å²) >= 11 is 0. The van der Waals surface area contributed by atoms with Crippen LogP contribution in [0, 0.1) is 0 Å². The molecule has 2 fully saturated rings. The second-order valence-electron chi connectivity index (χ2n) is 7.67. The molecule has 0 aliphatic heterocycles. The smallest absolute Gasteiger partial charge is 0.238 e. The van der Waals surface area contributed by atoms with E-state index in [1.165, 1.54) is 37.8 Å². The molecule has 7 nitrogen and oxygen atoms in total. The zero-order valence-corrected chi connectivity index (χ0v) is 16.5. The van der Waals surface area contributed by atoms with Gasteiger partial charge in [-0.25, -0.2) is 18.5 Å². The molecule has 27 heavy (non-hydrogen) atoms. The molecule has 2 aliphatic carbocycles. The Kier molecular flexibility index (Phi) is 6.73. The highest BCUT2D eigenvalue weighted by molar-refractivity contribution is 7.89. The lowest BCUT2D eigenvalue weighted by Gasteiger charge is -2.29. The normalized spacial score (nSPS) is 25.2. The van der Waals surface area contributed by atoms with E-state index in [0.29, 0.717) is 6.04 Å². The minimum absolute atomic E-state index is 0.0912. The third kappa shape index (κ3) is 5.92. The van der Waals surface area contributed by atoms with E-state index in [1.807, 2.05) is 0 Å². The van der Waals surface area contributed by atoms with Crippen molar-refractivity contribution >= 4 is 21.7 Å². The van der Waals surface area contributed by atoms with Crippen LogP contribution in [0.2, 0.25) is 0 Å². The predicted octanol–water partition coefficient (Wildman–Crippen LogP) is 2.29. The molecule has 0 spiro atoms. The first kappa shape index (κ1) is 20.1. The lowest BCUT2D eigenvalue weighted by molar-refractivity contribution is 0.381. The maximum atomic E-state index is 11.4. The molecule has 150 valence electrons. The Hall–Kier alpha value is -1.64. The van der Waals surface area contributed by atoms with Gasteiger partial charge in [-0.1, -0.05) is 32.1 Å². The van der Waals surface area contributed by atoms with Gasteiger partial charge in [-0.2, -0.15) is 0 Å². The summed E-state index contributed by atoms with van der Waals surface area (Å²) in [4.78, 5) is 5.00. The van der Waals surface area contributed by atoms with Crippen molar-refractivity contribution in [2.45, 2.75) is 80.8 Å². The quantitative estimate of drug-likeness (QED) is 0.462. The number of nitrogens with one attached hydrogen (secondary N) is 2. The molecule has 2 saturated carbocycles. The van der Waals surface area contributed by atoms with Crippen molar-refractivity contribution in [3.8, 4) is 0 Å². The van der Waals surface area contributed by atoms with Crippen LogP contribution >= 0.6 is 0 Å². The Labute approximate surface area is 162 Å². The summed E-state index contributed by atoms with van der Waals surface area (Å²) < 4.78 is 22.9. The van der Waals surface area contributed by atoms with Crippen LogP contribution in [0.25, 0.3) is 0 Å². The Morgan fingerprint density at radius 3 is 2.22 bits per heavy atom. The van der Waals surface area contributed by atoms with Gasteiger partial charge in [0.15, 0.2) is 5.96 Å². The van der Waals surface area contributed by atoms with Crippen molar-refractivity contribution in [2.75, 3.05) is 5.32 Å². The van der Waals surface area contributed by atoms with Gasteiger partial charge in [0.25, 0.3) is 0 Å². The molecule has 1 aromatic rings. The highest BCUT2D eigenvalue weighted by Crippen LogP contribution is 2.21. The number of nitrogens with two attached hydrogens (primary N) is 2. The summed E-state index contributed by atoms with van der Waals surface area (Å²) in [5, 5.41) is 12.1. The third-order valence-electron chi connectivity index (χ3n) is 5.47.